The molecule has 0 fully saturated rings. The minimum atomic E-state index is 0.250. The molecular formula is C11H25N. The van der Waals surface area contributed by atoms with E-state index in [1.807, 2.05) is 0 Å². The van der Waals surface area contributed by atoms with Gasteiger partial charge in [-0.05, 0) is 38.6 Å². The highest BCUT2D eigenvalue weighted by atomic mass is 14.9. The lowest BCUT2D eigenvalue weighted by Crippen LogP contribution is -2.41. The van der Waals surface area contributed by atoms with Crippen molar-refractivity contribution in [3.63, 3.8) is 0 Å². The molecule has 0 aliphatic heterocycles. The van der Waals surface area contributed by atoms with Gasteiger partial charge in [-0.1, -0.05) is 27.7 Å². The molecule has 0 aromatic carbocycles. The largest absolute Gasteiger partial charge is 0.312 e. The van der Waals surface area contributed by atoms with E-state index < -0.39 is 0 Å². The maximum Gasteiger partial charge on any atom is 0.00966 e. The van der Waals surface area contributed by atoms with Gasteiger partial charge in [0.1, 0.15) is 0 Å². The van der Waals surface area contributed by atoms with Crippen molar-refractivity contribution in [2.24, 2.45) is 11.3 Å². The SMILES string of the molecule is C[C@H](CNC(C)(C)C)C(C)(C)C. The molecule has 0 saturated carbocycles. The molecule has 0 heterocycles. The third kappa shape index (κ3) is 5.59. The second kappa shape index (κ2) is 3.78. The highest BCUT2D eigenvalue weighted by Gasteiger charge is 2.21. The zero-order valence-corrected chi connectivity index (χ0v) is 9.78. The molecule has 1 heteroatoms. The van der Waals surface area contributed by atoms with Gasteiger partial charge < -0.3 is 5.32 Å². The van der Waals surface area contributed by atoms with E-state index >= 15 is 0 Å². The van der Waals surface area contributed by atoms with Crippen molar-refractivity contribution in [3.8, 4) is 0 Å². The van der Waals surface area contributed by atoms with Gasteiger partial charge in [-0.3, -0.25) is 0 Å². The predicted molar refractivity (Wildman–Crippen MR) is 56.4 cm³/mol. The van der Waals surface area contributed by atoms with E-state index in [1.165, 1.54) is 0 Å². The van der Waals surface area contributed by atoms with Crippen LogP contribution < -0.4 is 5.32 Å². The molecule has 0 amide bonds. The molecule has 0 aromatic rings. The second-order valence-corrected chi connectivity index (χ2v) is 5.90. The van der Waals surface area contributed by atoms with Crippen molar-refractivity contribution in [1.82, 2.24) is 5.32 Å². The fourth-order valence-electron chi connectivity index (χ4n) is 0.765. The summed E-state index contributed by atoms with van der Waals surface area (Å²) >= 11 is 0. The van der Waals surface area contributed by atoms with Gasteiger partial charge in [-0.2, -0.15) is 0 Å². The highest BCUT2D eigenvalue weighted by molar-refractivity contribution is 4.77. The van der Waals surface area contributed by atoms with Gasteiger partial charge in [-0.15, -0.1) is 0 Å². The molecule has 0 aromatic heterocycles. The second-order valence-electron chi connectivity index (χ2n) is 5.90. The number of hydrogen-bond donors (Lipinski definition) is 1. The molecule has 0 aliphatic carbocycles. The van der Waals surface area contributed by atoms with Crippen LogP contribution in [0.15, 0.2) is 0 Å². The molecule has 0 aliphatic rings. The molecule has 0 bridgehead atoms. The Bertz CT molecular complexity index is 125. The van der Waals surface area contributed by atoms with Gasteiger partial charge in [0.2, 0.25) is 0 Å². The van der Waals surface area contributed by atoms with Crippen molar-refractivity contribution in [3.05, 3.63) is 0 Å². The summed E-state index contributed by atoms with van der Waals surface area (Å²) in [6.07, 6.45) is 0. The van der Waals surface area contributed by atoms with Gasteiger partial charge >= 0.3 is 0 Å². The minimum absolute atomic E-state index is 0.250. The van der Waals surface area contributed by atoms with Gasteiger partial charge in [-0.25, -0.2) is 0 Å². The maximum atomic E-state index is 3.53. The Morgan fingerprint density at radius 2 is 1.42 bits per heavy atom. The Kier molecular flexibility index (Phi) is 3.77. The van der Waals surface area contributed by atoms with Crippen molar-refractivity contribution < 1.29 is 0 Å². The summed E-state index contributed by atoms with van der Waals surface area (Å²) in [5.41, 5.74) is 0.664. The Labute approximate surface area is 77.9 Å². The average molecular weight is 171 g/mol. The minimum Gasteiger partial charge on any atom is -0.312 e. The van der Waals surface area contributed by atoms with E-state index in [2.05, 4.69) is 53.8 Å². The van der Waals surface area contributed by atoms with E-state index in [9.17, 15) is 0 Å². The average Bonchev–Trinajstić information content (AvgIpc) is 1.78. The summed E-state index contributed by atoms with van der Waals surface area (Å²) in [6, 6.07) is 0. The molecular weight excluding hydrogens is 146 g/mol. The molecule has 0 unspecified atom stereocenters. The van der Waals surface area contributed by atoms with E-state index in [0.29, 0.717) is 5.41 Å². The lowest BCUT2D eigenvalue weighted by Gasteiger charge is -2.31. The van der Waals surface area contributed by atoms with Crippen LogP contribution in [0.3, 0.4) is 0 Å². The summed E-state index contributed by atoms with van der Waals surface area (Å²) in [7, 11) is 0. The van der Waals surface area contributed by atoms with Gasteiger partial charge in [0.25, 0.3) is 0 Å². The van der Waals surface area contributed by atoms with Crippen LogP contribution in [0, 0.1) is 11.3 Å². The number of rotatable bonds is 2. The molecule has 1 N–H and O–H groups in total. The van der Waals surface area contributed by atoms with Crippen molar-refractivity contribution in [2.75, 3.05) is 6.54 Å². The Hall–Kier alpha value is -0.0400. The van der Waals surface area contributed by atoms with Crippen LogP contribution in [0.5, 0.6) is 0 Å². The molecule has 12 heavy (non-hydrogen) atoms. The molecule has 0 saturated heterocycles. The quantitative estimate of drug-likeness (QED) is 0.673. The Balaban J connectivity index is 3.80. The molecule has 0 radical (unpaired) electrons. The van der Waals surface area contributed by atoms with Crippen LogP contribution >= 0.6 is 0 Å². The van der Waals surface area contributed by atoms with Crippen LogP contribution in [-0.2, 0) is 0 Å². The summed E-state index contributed by atoms with van der Waals surface area (Å²) < 4.78 is 0. The first-order chi connectivity index (χ1) is 5.13. The first kappa shape index (κ1) is 12.0. The monoisotopic (exact) mass is 171 g/mol. The summed E-state index contributed by atoms with van der Waals surface area (Å²) in [5, 5.41) is 3.53. The van der Waals surface area contributed by atoms with Crippen LogP contribution in [0.2, 0.25) is 0 Å². The lowest BCUT2D eigenvalue weighted by atomic mass is 9.82. The summed E-state index contributed by atoms with van der Waals surface area (Å²) in [5.74, 6) is 0.719. The summed E-state index contributed by atoms with van der Waals surface area (Å²) in [4.78, 5) is 0. The van der Waals surface area contributed by atoms with E-state index in [-0.39, 0.29) is 5.54 Å². The van der Waals surface area contributed by atoms with Crippen LogP contribution in [-0.4, -0.2) is 12.1 Å². The van der Waals surface area contributed by atoms with Crippen molar-refractivity contribution in [2.45, 2.75) is 54.0 Å². The Morgan fingerprint density at radius 3 is 1.67 bits per heavy atom. The van der Waals surface area contributed by atoms with Crippen LogP contribution in [0.4, 0.5) is 0 Å². The van der Waals surface area contributed by atoms with E-state index in [4.69, 9.17) is 0 Å². The fraction of sp³-hybridized carbons (Fsp3) is 1.00. The topological polar surface area (TPSA) is 12.0 Å². The van der Waals surface area contributed by atoms with Gasteiger partial charge in [0.15, 0.2) is 0 Å². The fourth-order valence-corrected chi connectivity index (χ4v) is 0.765. The lowest BCUT2D eigenvalue weighted by molar-refractivity contribution is 0.234. The highest BCUT2D eigenvalue weighted by Crippen LogP contribution is 2.24. The normalized spacial score (nSPS) is 16.2. The van der Waals surface area contributed by atoms with Crippen molar-refractivity contribution in [1.29, 1.82) is 0 Å². The smallest absolute Gasteiger partial charge is 0.00966 e. The van der Waals surface area contributed by atoms with Crippen LogP contribution in [0.1, 0.15) is 48.5 Å². The molecule has 74 valence electrons. The van der Waals surface area contributed by atoms with Crippen molar-refractivity contribution >= 4 is 0 Å². The zero-order chi connectivity index (χ0) is 9.99. The third-order valence-electron chi connectivity index (χ3n) is 2.42. The first-order valence-corrected chi connectivity index (χ1v) is 4.88. The van der Waals surface area contributed by atoms with E-state index in [0.717, 1.165) is 12.5 Å². The zero-order valence-electron chi connectivity index (χ0n) is 9.78. The first-order valence-electron chi connectivity index (χ1n) is 4.88. The molecule has 0 spiro atoms. The molecule has 1 nitrogen and oxygen atoms in total. The van der Waals surface area contributed by atoms with Crippen LogP contribution in [0.25, 0.3) is 0 Å². The van der Waals surface area contributed by atoms with Gasteiger partial charge in [0, 0.05) is 5.54 Å². The Morgan fingerprint density at radius 1 is 1.00 bits per heavy atom. The van der Waals surface area contributed by atoms with E-state index in [1.54, 1.807) is 0 Å². The summed E-state index contributed by atoms with van der Waals surface area (Å²) in [6.45, 7) is 16.9. The predicted octanol–water partition coefficient (Wildman–Crippen LogP) is 3.06. The third-order valence-corrected chi connectivity index (χ3v) is 2.42. The molecule has 1 atom stereocenters. The van der Waals surface area contributed by atoms with Gasteiger partial charge in [0.05, 0.1) is 0 Å². The standard InChI is InChI=1S/C11H25N/c1-9(10(2,3)4)8-12-11(5,6)7/h9,12H,8H2,1-7H3/t9-/m1/s1. The maximum absolute atomic E-state index is 3.53. The number of nitrogens with one attached hydrogen (secondary N) is 1. The number of hydrogen-bond acceptors (Lipinski definition) is 1. The molecule has 0 rings (SSSR count).